The Hall–Kier alpha value is -2.39. The molecule has 3 heteroatoms. The molecule has 3 nitrogen and oxygen atoms in total. The van der Waals surface area contributed by atoms with Crippen LogP contribution >= 0.6 is 0 Å². The Morgan fingerprint density at radius 2 is 1.65 bits per heavy atom. The van der Waals surface area contributed by atoms with Gasteiger partial charge in [0.05, 0.1) is 12.1 Å². The Balaban J connectivity index is 1.46. The highest BCUT2D eigenvalue weighted by Crippen LogP contribution is 2.32. The normalized spacial score (nSPS) is 17.1. The molecular formula is C23H24N2O. The third-order valence-corrected chi connectivity index (χ3v) is 6.00. The molecule has 2 aliphatic rings. The Morgan fingerprint density at radius 1 is 0.885 bits per heavy atom. The van der Waals surface area contributed by atoms with Crippen molar-refractivity contribution in [1.82, 2.24) is 9.47 Å². The first-order chi connectivity index (χ1) is 12.8. The fourth-order valence-corrected chi connectivity index (χ4v) is 4.73. The molecule has 2 aromatic carbocycles. The standard InChI is InChI=1S/C23H24N2O/c26-23(16-24-14-13-17-7-1-2-8-18(17)15-24)25-21-11-5-3-9-19(21)20-10-4-6-12-22(20)25/h1-3,5,7-9,11H,4,6,10,12-16H2. The van der Waals surface area contributed by atoms with E-state index in [9.17, 15) is 4.79 Å². The largest absolute Gasteiger partial charge is 0.290 e. The van der Waals surface area contributed by atoms with Gasteiger partial charge in [-0.1, -0.05) is 42.5 Å². The molecule has 0 unspecified atom stereocenters. The van der Waals surface area contributed by atoms with Gasteiger partial charge in [-0.25, -0.2) is 0 Å². The number of fused-ring (bicyclic) bond motifs is 4. The second-order valence-electron chi connectivity index (χ2n) is 7.61. The number of hydrogen-bond donors (Lipinski definition) is 0. The number of hydrogen-bond acceptors (Lipinski definition) is 2. The molecule has 0 radical (unpaired) electrons. The summed E-state index contributed by atoms with van der Waals surface area (Å²) in [5.41, 5.74) is 6.57. The van der Waals surface area contributed by atoms with E-state index in [-0.39, 0.29) is 5.91 Å². The fraction of sp³-hybridized carbons (Fsp3) is 0.348. The van der Waals surface area contributed by atoms with Crippen molar-refractivity contribution in [2.24, 2.45) is 0 Å². The number of rotatable bonds is 2. The summed E-state index contributed by atoms with van der Waals surface area (Å²) >= 11 is 0. The predicted octanol–water partition coefficient (Wildman–Crippen LogP) is 4.22. The average molecular weight is 344 g/mol. The summed E-state index contributed by atoms with van der Waals surface area (Å²) in [7, 11) is 0. The van der Waals surface area contributed by atoms with E-state index in [0.29, 0.717) is 6.54 Å². The SMILES string of the molecule is O=C(CN1CCc2ccccc2C1)n1c2c(c3ccccc31)CCCC2. The Kier molecular flexibility index (Phi) is 3.90. The van der Waals surface area contributed by atoms with Crippen LogP contribution in [0.25, 0.3) is 10.9 Å². The number of carbonyl (C=O) groups is 1. The first-order valence-corrected chi connectivity index (χ1v) is 9.75. The quantitative estimate of drug-likeness (QED) is 0.695. The van der Waals surface area contributed by atoms with Crippen LogP contribution in [-0.2, 0) is 25.8 Å². The molecule has 26 heavy (non-hydrogen) atoms. The van der Waals surface area contributed by atoms with Gasteiger partial charge >= 0.3 is 0 Å². The highest BCUT2D eigenvalue weighted by atomic mass is 16.2. The highest BCUT2D eigenvalue weighted by Gasteiger charge is 2.25. The van der Waals surface area contributed by atoms with Gasteiger partial charge in [0, 0.05) is 24.2 Å². The lowest BCUT2D eigenvalue weighted by Crippen LogP contribution is -2.37. The summed E-state index contributed by atoms with van der Waals surface area (Å²) in [5, 5.41) is 1.28. The summed E-state index contributed by atoms with van der Waals surface area (Å²) in [6.45, 7) is 2.34. The van der Waals surface area contributed by atoms with E-state index in [1.54, 1.807) is 0 Å². The van der Waals surface area contributed by atoms with Crippen molar-refractivity contribution in [3.8, 4) is 0 Å². The van der Waals surface area contributed by atoms with Gasteiger partial charge in [-0.2, -0.15) is 0 Å². The summed E-state index contributed by atoms with van der Waals surface area (Å²) in [6.07, 6.45) is 5.59. The minimum absolute atomic E-state index is 0.226. The second-order valence-corrected chi connectivity index (χ2v) is 7.61. The first-order valence-electron chi connectivity index (χ1n) is 9.75. The summed E-state index contributed by atoms with van der Waals surface area (Å²) in [4.78, 5) is 15.6. The zero-order valence-electron chi connectivity index (χ0n) is 15.1. The molecule has 0 fully saturated rings. The average Bonchev–Trinajstić information content (AvgIpc) is 3.02. The number of para-hydroxylation sites is 1. The van der Waals surface area contributed by atoms with E-state index in [1.807, 2.05) is 4.57 Å². The van der Waals surface area contributed by atoms with Gasteiger partial charge in [0.15, 0.2) is 0 Å². The third-order valence-electron chi connectivity index (χ3n) is 6.00. The molecule has 2 heterocycles. The second kappa shape index (κ2) is 6.40. The molecule has 1 aliphatic heterocycles. The van der Waals surface area contributed by atoms with Gasteiger partial charge in [-0.3, -0.25) is 14.3 Å². The number of aryl methyl sites for hydroxylation is 1. The smallest absolute Gasteiger partial charge is 0.245 e. The minimum atomic E-state index is 0.226. The molecule has 0 atom stereocenters. The molecule has 0 amide bonds. The van der Waals surface area contributed by atoms with Crippen LogP contribution in [0, 0.1) is 0 Å². The minimum Gasteiger partial charge on any atom is -0.290 e. The molecule has 0 bridgehead atoms. The van der Waals surface area contributed by atoms with E-state index in [0.717, 1.165) is 37.9 Å². The lowest BCUT2D eigenvalue weighted by Gasteiger charge is -2.28. The van der Waals surface area contributed by atoms with Crippen molar-refractivity contribution in [3.05, 3.63) is 70.9 Å². The van der Waals surface area contributed by atoms with Crippen molar-refractivity contribution < 1.29 is 4.79 Å². The maximum Gasteiger partial charge on any atom is 0.245 e. The van der Waals surface area contributed by atoms with E-state index < -0.39 is 0 Å². The third kappa shape index (κ3) is 2.58. The molecule has 1 aliphatic carbocycles. The van der Waals surface area contributed by atoms with Gasteiger partial charge in [-0.05, 0) is 54.9 Å². The van der Waals surface area contributed by atoms with Crippen LogP contribution in [0.2, 0.25) is 0 Å². The van der Waals surface area contributed by atoms with Crippen molar-refractivity contribution in [3.63, 3.8) is 0 Å². The molecule has 132 valence electrons. The predicted molar refractivity (Wildman–Crippen MR) is 105 cm³/mol. The lowest BCUT2D eigenvalue weighted by atomic mass is 9.95. The fourth-order valence-electron chi connectivity index (χ4n) is 4.73. The number of aromatic nitrogens is 1. The monoisotopic (exact) mass is 344 g/mol. The number of nitrogens with zero attached hydrogens (tertiary/aromatic N) is 2. The van der Waals surface area contributed by atoms with Gasteiger partial charge in [0.1, 0.15) is 0 Å². The summed E-state index contributed by atoms with van der Waals surface area (Å²) in [6, 6.07) is 17.0. The first kappa shape index (κ1) is 15.8. The van der Waals surface area contributed by atoms with Crippen LogP contribution in [0.1, 0.15) is 40.0 Å². The molecular weight excluding hydrogens is 320 g/mol. The highest BCUT2D eigenvalue weighted by molar-refractivity contribution is 5.97. The summed E-state index contributed by atoms with van der Waals surface area (Å²) < 4.78 is 2.03. The number of benzene rings is 2. The maximum absolute atomic E-state index is 13.3. The van der Waals surface area contributed by atoms with Crippen LogP contribution in [-0.4, -0.2) is 28.5 Å². The van der Waals surface area contributed by atoms with Crippen molar-refractivity contribution >= 4 is 16.8 Å². The van der Waals surface area contributed by atoms with Gasteiger partial charge in [0.2, 0.25) is 5.91 Å². The maximum atomic E-state index is 13.3. The molecule has 3 aromatic rings. The zero-order valence-corrected chi connectivity index (χ0v) is 15.1. The van der Waals surface area contributed by atoms with Crippen LogP contribution in [0.5, 0.6) is 0 Å². The van der Waals surface area contributed by atoms with E-state index in [1.165, 1.54) is 40.6 Å². The van der Waals surface area contributed by atoms with Gasteiger partial charge in [0.25, 0.3) is 0 Å². The molecule has 0 saturated carbocycles. The van der Waals surface area contributed by atoms with E-state index >= 15 is 0 Å². The topological polar surface area (TPSA) is 25.2 Å². The molecule has 0 saturated heterocycles. The van der Waals surface area contributed by atoms with Crippen LogP contribution < -0.4 is 0 Å². The van der Waals surface area contributed by atoms with Crippen LogP contribution in [0.4, 0.5) is 0 Å². The zero-order chi connectivity index (χ0) is 17.5. The Morgan fingerprint density at radius 3 is 2.58 bits per heavy atom. The summed E-state index contributed by atoms with van der Waals surface area (Å²) in [5.74, 6) is 0.226. The Labute approximate surface area is 154 Å². The van der Waals surface area contributed by atoms with Crippen molar-refractivity contribution in [2.45, 2.75) is 38.6 Å². The molecule has 1 aromatic heterocycles. The van der Waals surface area contributed by atoms with Gasteiger partial charge in [-0.15, -0.1) is 0 Å². The van der Waals surface area contributed by atoms with Crippen LogP contribution in [0.15, 0.2) is 48.5 Å². The van der Waals surface area contributed by atoms with Crippen molar-refractivity contribution in [2.75, 3.05) is 13.1 Å². The molecule has 0 spiro atoms. The Bertz CT molecular complexity index is 985. The lowest BCUT2D eigenvalue weighted by molar-refractivity contribution is 0.0840. The van der Waals surface area contributed by atoms with Gasteiger partial charge < -0.3 is 0 Å². The van der Waals surface area contributed by atoms with Crippen molar-refractivity contribution in [1.29, 1.82) is 0 Å². The van der Waals surface area contributed by atoms with E-state index in [2.05, 4.69) is 53.4 Å². The molecule has 5 rings (SSSR count). The van der Waals surface area contributed by atoms with E-state index in [4.69, 9.17) is 0 Å². The molecule has 0 N–H and O–H groups in total. The number of carbonyl (C=O) groups excluding carboxylic acids is 1. The van der Waals surface area contributed by atoms with Crippen LogP contribution in [0.3, 0.4) is 0 Å².